The molecule has 94 valence electrons. The number of likely N-dealkylation sites (tertiary alicyclic amines) is 1. The van der Waals surface area contributed by atoms with Crippen LogP contribution >= 0.6 is 0 Å². The Bertz CT molecular complexity index is 392. The molecular weight excluding hydrogens is 212 g/mol. The molecule has 1 fully saturated rings. The van der Waals surface area contributed by atoms with Crippen molar-refractivity contribution < 1.29 is 5.11 Å². The molecule has 1 aliphatic heterocycles. The minimum Gasteiger partial charge on any atom is -0.398 e. The second-order valence-corrected chi connectivity index (χ2v) is 5.19. The van der Waals surface area contributed by atoms with Crippen LogP contribution in [0, 0.1) is 12.8 Å². The number of anilines is 1. The Labute approximate surface area is 103 Å². The van der Waals surface area contributed by atoms with E-state index in [0.717, 1.165) is 42.7 Å². The Balaban J connectivity index is 2.18. The molecule has 1 heterocycles. The van der Waals surface area contributed by atoms with Gasteiger partial charge in [0.1, 0.15) is 0 Å². The van der Waals surface area contributed by atoms with Crippen molar-refractivity contribution in [3.8, 4) is 0 Å². The maximum Gasteiger partial charge on any atom is 0.0850 e. The lowest BCUT2D eigenvalue weighted by molar-refractivity contribution is 0.0597. The van der Waals surface area contributed by atoms with Crippen LogP contribution in [0.25, 0.3) is 0 Å². The SMILES string of the molecule is Cc1cccc(C(O)C2CCCN(C)C2)c1N. The Kier molecular flexibility index (Phi) is 3.69. The number of hydrogen-bond donors (Lipinski definition) is 2. The first-order chi connectivity index (χ1) is 8.09. The minimum atomic E-state index is -0.433. The Morgan fingerprint density at radius 3 is 2.94 bits per heavy atom. The van der Waals surface area contributed by atoms with Crippen molar-refractivity contribution in [3.05, 3.63) is 29.3 Å². The van der Waals surface area contributed by atoms with Crippen molar-refractivity contribution in [2.45, 2.75) is 25.9 Å². The average Bonchev–Trinajstić information content (AvgIpc) is 2.32. The lowest BCUT2D eigenvalue weighted by atomic mass is 9.87. The van der Waals surface area contributed by atoms with Crippen molar-refractivity contribution in [1.29, 1.82) is 0 Å². The molecule has 0 saturated carbocycles. The molecule has 1 aromatic rings. The van der Waals surface area contributed by atoms with Crippen LogP contribution in [0.2, 0.25) is 0 Å². The van der Waals surface area contributed by atoms with E-state index in [9.17, 15) is 5.11 Å². The molecule has 3 nitrogen and oxygen atoms in total. The number of piperidine rings is 1. The Morgan fingerprint density at radius 2 is 2.24 bits per heavy atom. The van der Waals surface area contributed by atoms with Gasteiger partial charge in [0.25, 0.3) is 0 Å². The second kappa shape index (κ2) is 5.07. The summed E-state index contributed by atoms with van der Waals surface area (Å²) in [6.45, 7) is 4.07. The van der Waals surface area contributed by atoms with E-state index < -0.39 is 6.10 Å². The summed E-state index contributed by atoms with van der Waals surface area (Å²) >= 11 is 0. The van der Waals surface area contributed by atoms with E-state index in [0.29, 0.717) is 5.92 Å². The number of rotatable bonds is 2. The fraction of sp³-hybridized carbons (Fsp3) is 0.571. The van der Waals surface area contributed by atoms with E-state index >= 15 is 0 Å². The molecule has 3 heteroatoms. The van der Waals surface area contributed by atoms with E-state index in [1.54, 1.807) is 0 Å². The molecule has 0 aliphatic carbocycles. The number of aryl methyl sites for hydroxylation is 1. The summed E-state index contributed by atoms with van der Waals surface area (Å²) in [5.41, 5.74) is 8.74. The first-order valence-corrected chi connectivity index (χ1v) is 6.31. The van der Waals surface area contributed by atoms with Gasteiger partial charge in [0.2, 0.25) is 0 Å². The number of nitrogens with zero attached hydrogens (tertiary/aromatic N) is 1. The summed E-state index contributed by atoms with van der Waals surface area (Å²) < 4.78 is 0. The van der Waals surface area contributed by atoms with Gasteiger partial charge in [0, 0.05) is 23.7 Å². The molecule has 0 aromatic heterocycles. The van der Waals surface area contributed by atoms with Gasteiger partial charge in [0.05, 0.1) is 6.10 Å². The van der Waals surface area contributed by atoms with Crippen LogP contribution in [0.5, 0.6) is 0 Å². The Morgan fingerprint density at radius 1 is 1.47 bits per heavy atom. The fourth-order valence-corrected chi connectivity index (χ4v) is 2.68. The first-order valence-electron chi connectivity index (χ1n) is 6.31. The zero-order valence-corrected chi connectivity index (χ0v) is 10.7. The third-order valence-corrected chi connectivity index (χ3v) is 3.78. The lowest BCUT2D eigenvalue weighted by Crippen LogP contribution is -2.35. The molecule has 1 saturated heterocycles. The highest BCUT2D eigenvalue weighted by Crippen LogP contribution is 2.33. The van der Waals surface area contributed by atoms with E-state index in [1.165, 1.54) is 0 Å². The topological polar surface area (TPSA) is 49.5 Å². The molecule has 2 rings (SSSR count). The van der Waals surface area contributed by atoms with Crippen molar-refractivity contribution in [2.24, 2.45) is 5.92 Å². The number of nitrogen functional groups attached to an aromatic ring is 1. The summed E-state index contributed by atoms with van der Waals surface area (Å²) in [6, 6.07) is 5.90. The summed E-state index contributed by atoms with van der Waals surface area (Å²) in [5.74, 6) is 0.304. The first kappa shape index (κ1) is 12.4. The molecule has 1 aromatic carbocycles. The van der Waals surface area contributed by atoms with Crippen LogP contribution < -0.4 is 5.73 Å². The molecule has 0 bridgehead atoms. The normalized spacial score (nSPS) is 23.6. The average molecular weight is 234 g/mol. The van der Waals surface area contributed by atoms with Crippen LogP contribution in [-0.4, -0.2) is 30.1 Å². The second-order valence-electron chi connectivity index (χ2n) is 5.19. The molecular formula is C14H22N2O. The van der Waals surface area contributed by atoms with Crippen LogP contribution in [0.4, 0.5) is 5.69 Å². The van der Waals surface area contributed by atoms with E-state index in [1.807, 2.05) is 25.1 Å². The summed E-state index contributed by atoms with van der Waals surface area (Å²) in [4.78, 5) is 2.28. The predicted octanol–water partition coefficient (Wildman–Crippen LogP) is 1.95. The number of nitrogens with two attached hydrogens (primary N) is 1. The van der Waals surface area contributed by atoms with E-state index in [4.69, 9.17) is 5.73 Å². The predicted molar refractivity (Wildman–Crippen MR) is 70.8 cm³/mol. The standard InChI is InChI=1S/C14H22N2O/c1-10-5-3-7-12(13(10)15)14(17)11-6-4-8-16(2)9-11/h3,5,7,11,14,17H,4,6,8-9,15H2,1-2H3. The van der Waals surface area contributed by atoms with Gasteiger partial charge in [-0.2, -0.15) is 0 Å². The van der Waals surface area contributed by atoms with Gasteiger partial charge in [-0.1, -0.05) is 18.2 Å². The molecule has 3 N–H and O–H groups in total. The van der Waals surface area contributed by atoms with Gasteiger partial charge in [-0.15, -0.1) is 0 Å². The molecule has 2 atom stereocenters. The minimum absolute atomic E-state index is 0.304. The van der Waals surface area contributed by atoms with Gasteiger partial charge < -0.3 is 15.7 Å². The van der Waals surface area contributed by atoms with Gasteiger partial charge in [-0.3, -0.25) is 0 Å². The molecule has 2 unspecified atom stereocenters. The van der Waals surface area contributed by atoms with Crippen molar-refractivity contribution in [2.75, 3.05) is 25.9 Å². The van der Waals surface area contributed by atoms with Crippen LogP contribution in [0.1, 0.15) is 30.1 Å². The van der Waals surface area contributed by atoms with E-state index in [2.05, 4.69) is 11.9 Å². The fourth-order valence-electron chi connectivity index (χ4n) is 2.68. The van der Waals surface area contributed by atoms with Crippen LogP contribution in [0.3, 0.4) is 0 Å². The third-order valence-electron chi connectivity index (χ3n) is 3.78. The van der Waals surface area contributed by atoms with Gasteiger partial charge >= 0.3 is 0 Å². The molecule has 0 amide bonds. The van der Waals surface area contributed by atoms with Gasteiger partial charge in [-0.25, -0.2) is 0 Å². The molecule has 0 radical (unpaired) electrons. The number of aliphatic hydroxyl groups excluding tert-OH is 1. The molecule has 1 aliphatic rings. The zero-order chi connectivity index (χ0) is 12.4. The third kappa shape index (κ3) is 2.61. The highest BCUT2D eigenvalue weighted by atomic mass is 16.3. The smallest absolute Gasteiger partial charge is 0.0850 e. The van der Waals surface area contributed by atoms with Crippen LogP contribution in [-0.2, 0) is 0 Å². The maximum absolute atomic E-state index is 10.5. The summed E-state index contributed by atoms with van der Waals surface area (Å²) in [7, 11) is 2.11. The monoisotopic (exact) mass is 234 g/mol. The number of para-hydroxylation sites is 1. The zero-order valence-electron chi connectivity index (χ0n) is 10.7. The number of benzene rings is 1. The molecule has 0 spiro atoms. The summed E-state index contributed by atoms with van der Waals surface area (Å²) in [6.07, 6.45) is 1.81. The largest absolute Gasteiger partial charge is 0.398 e. The molecule has 17 heavy (non-hydrogen) atoms. The highest BCUT2D eigenvalue weighted by molar-refractivity contribution is 5.54. The van der Waals surface area contributed by atoms with Crippen molar-refractivity contribution in [3.63, 3.8) is 0 Å². The summed E-state index contributed by atoms with van der Waals surface area (Å²) in [5, 5.41) is 10.5. The van der Waals surface area contributed by atoms with Crippen molar-refractivity contribution in [1.82, 2.24) is 4.90 Å². The van der Waals surface area contributed by atoms with Crippen molar-refractivity contribution >= 4 is 5.69 Å². The maximum atomic E-state index is 10.5. The lowest BCUT2D eigenvalue weighted by Gasteiger charge is -2.33. The Hall–Kier alpha value is -1.06. The van der Waals surface area contributed by atoms with E-state index in [-0.39, 0.29) is 0 Å². The number of aliphatic hydroxyl groups is 1. The van der Waals surface area contributed by atoms with Gasteiger partial charge in [0.15, 0.2) is 0 Å². The number of hydrogen-bond acceptors (Lipinski definition) is 3. The van der Waals surface area contributed by atoms with Crippen LogP contribution in [0.15, 0.2) is 18.2 Å². The quantitative estimate of drug-likeness (QED) is 0.769. The van der Waals surface area contributed by atoms with Gasteiger partial charge in [-0.05, 0) is 38.9 Å². The highest BCUT2D eigenvalue weighted by Gasteiger charge is 2.26.